The molecular formula is C15H19FN2O3. The lowest BCUT2D eigenvalue weighted by molar-refractivity contribution is -0.130. The van der Waals surface area contributed by atoms with Gasteiger partial charge in [-0.05, 0) is 30.5 Å². The van der Waals surface area contributed by atoms with Crippen molar-refractivity contribution in [1.29, 1.82) is 0 Å². The van der Waals surface area contributed by atoms with E-state index >= 15 is 0 Å². The van der Waals surface area contributed by atoms with Gasteiger partial charge in [-0.3, -0.25) is 9.59 Å². The molecule has 114 valence electrons. The predicted molar refractivity (Wildman–Crippen MR) is 74.8 cm³/mol. The molecule has 0 unspecified atom stereocenters. The molecular weight excluding hydrogens is 275 g/mol. The smallest absolute Gasteiger partial charge is 0.239 e. The third-order valence-corrected chi connectivity index (χ3v) is 3.42. The van der Waals surface area contributed by atoms with Gasteiger partial charge in [0, 0.05) is 25.7 Å². The molecule has 0 atom stereocenters. The van der Waals surface area contributed by atoms with Crippen LogP contribution in [0.25, 0.3) is 0 Å². The first-order valence-corrected chi connectivity index (χ1v) is 7.02. The van der Waals surface area contributed by atoms with Crippen molar-refractivity contribution in [3.05, 3.63) is 35.6 Å². The number of amides is 2. The molecule has 5 nitrogen and oxygen atoms in total. The highest BCUT2D eigenvalue weighted by Crippen LogP contribution is 2.14. The maximum absolute atomic E-state index is 12.7. The van der Waals surface area contributed by atoms with Crippen LogP contribution in [0.5, 0.6) is 0 Å². The molecule has 21 heavy (non-hydrogen) atoms. The topological polar surface area (TPSA) is 67.4 Å². The lowest BCUT2D eigenvalue weighted by atomic mass is 9.99. The molecule has 1 heterocycles. The van der Waals surface area contributed by atoms with Gasteiger partial charge in [0.05, 0.1) is 6.54 Å². The molecule has 2 rings (SSSR count). The summed E-state index contributed by atoms with van der Waals surface area (Å²) in [6.45, 7) is 1.45. The first kappa shape index (κ1) is 15.4. The number of nitrogens with one attached hydrogen (secondary N) is 2. The predicted octanol–water partition coefficient (Wildman–Crippen LogP) is 0.985. The van der Waals surface area contributed by atoms with Gasteiger partial charge in [0.1, 0.15) is 5.82 Å². The molecule has 0 aliphatic carbocycles. The van der Waals surface area contributed by atoms with Gasteiger partial charge < -0.3 is 15.4 Å². The van der Waals surface area contributed by atoms with E-state index in [1.54, 1.807) is 12.1 Å². The second kappa shape index (κ2) is 7.73. The summed E-state index contributed by atoms with van der Waals surface area (Å²) < 4.78 is 17.9. The Kier molecular flexibility index (Phi) is 5.68. The lowest BCUT2D eigenvalue weighted by Crippen LogP contribution is -2.40. The number of carbonyl (C=O) groups excluding carboxylic acids is 2. The Morgan fingerprint density at radius 2 is 1.81 bits per heavy atom. The SMILES string of the molecule is O=C(CNC(=O)C1CCOCC1)NCc1ccc(F)cc1. The molecule has 0 bridgehead atoms. The van der Waals surface area contributed by atoms with Crippen LogP contribution in [0, 0.1) is 11.7 Å². The maximum Gasteiger partial charge on any atom is 0.239 e. The monoisotopic (exact) mass is 294 g/mol. The van der Waals surface area contributed by atoms with E-state index in [-0.39, 0.29) is 30.1 Å². The van der Waals surface area contributed by atoms with E-state index < -0.39 is 0 Å². The normalized spacial score (nSPS) is 15.5. The van der Waals surface area contributed by atoms with Gasteiger partial charge in [0.15, 0.2) is 0 Å². The fraction of sp³-hybridized carbons (Fsp3) is 0.467. The first-order valence-electron chi connectivity index (χ1n) is 7.02. The molecule has 0 radical (unpaired) electrons. The van der Waals surface area contributed by atoms with Gasteiger partial charge in [-0.1, -0.05) is 12.1 Å². The maximum atomic E-state index is 12.7. The summed E-state index contributed by atoms with van der Waals surface area (Å²) in [5, 5.41) is 5.31. The van der Waals surface area contributed by atoms with E-state index in [2.05, 4.69) is 10.6 Å². The van der Waals surface area contributed by atoms with Gasteiger partial charge in [-0.15, -0.1) is 0 Å². The van der Waals surface area contributed by atoms with Crippen LogP contribution in [0.1, 0.15) is 18.4 Å². The van der Waals surface area contributed by atoms with Gasteiger partial charge >= 0.3 is 0 Å². The summed E-state index contributed by atoms with van der Waals surface area (Å²) in [5.74, 6) is -0.743. The molecule has 2 N–H and O–H groups in total. The highest BCUT2D eigenvalue weighted by atomic mass is 19.1. The summed E-state index contributed by atoms with van der Waals surface area (Å²) in [7, 11) is 0. The zero-order chi connectivity index (χ0) is 15.1. The molecule has 0 aromatic heterocycles. The Bertz CT molecular complexity index is 484. The molecule has 1 aliphatic heterocycles. The minimum atomic E-state index is -0.311. The molecule has 0 saturated carbocycles. The average Bonchev–Trinajstić information content (AvgIpc) is 2.53. The summed E-state index contributed by atoms with van der Waals surface area (Å²) in [5.41, 5.74) is 0.806. The number of carbonyl (C=O) groups is 2. The van der Waals surface area contributed by atoms with Crippen molar-refractivity contribution >= 4 is 11.8 Å². The number of hydrogen-bond donors (Lipinski definition) is 2. The van der Waals surface area contributed by atoms with Crippen LogP contribution >= 0.6 is 0 Å². The largest absolute Gasteiger partial charge is 0.381 e. The van der Waals surface area contributed by atoms with Crippen LogP contribution in [0.2, 0.25) is 0 Å². The third-order valence-electron chi connectivity index (χ3n) is 3.42. The second-order valence-electron chi connectivity index (χ2n) is 5.01. The highest BCUT2D eigenvalue weighted by Gasteiger charge is 2.21. The molecule has 0 spiro atoms. The van der Waals surface area contributed by atoms with Crippen LogP contribution in [0.4, 0.5) is 4.39 Å². The van der Waals surface area contributed by atoms with Crippen molar-refractivity contribution in [3.63, 3.8) is 0 Å². The second-order valence-corrected chi connectivity index (χ2v) is 5.01. The number of ether oxygens (including phenoxy) is 1. The van der Waals surface area contributed by atoms with Gasteiger partial charge in [-0.25, -0.2) is 4.39 Å². The fourth-order valence-corrected chi connectivity index (χ4v) is 2.14. The molecule has 1 fully saturated rings. The fourth-order valence-electron chi connectivity index (χ4n) is 2.14. The van der Waals surface area contributed by atoms with Crippen LogP contribution in [-0.2, 0) is 20.9 Å². The van der Waals surface area contributed by atoms with Crippen LogP contribution in [0.15, 0.2) is 24.3 Å². The molecule has 1 aromatic rings. The van der Waals surface area contributed by atoms with E-state index in [9.17, 15) is 14.0 Å². The van der Waals surface area contributed by atoms with Crippen molar-refractivity contribution in [2.75, 3.05) is 19.8 Å². The van der Waals surface area contributed by atoms with Crippen molar-refractivity contribution in [2.24, 2.45) is 5.92 Å². The Hall–Kier alpha value is -1.95. The van der Waals surface area contributed by atoms with Crippen LogP contribution in [0.3, 0.4) is 0 Å². The Balaban J connectivity index is 1.67. The third kappa shape index (κ3) is 5.15. The number of halogens is 1. The first-order chi connectivity index (χ1) is 10.1. The van der Waals surface area contributed by atoms with Crippen molar-refractivity contribution in [3.8, 4) is 0 Å². The summed E-state index contributed by atoms with van der Waals surface area (Å²) in [6.07, 6.45) is 1.39. The molecule has 1 aromatic carbocycles. The number of benzene rings is 1. The minimum Gasteiger partial charge on any atom is -0.381 e. The van der Waals surface area contributed by atoms with Gasteiger partial charge in [0.2, 0.25) is 11.8 Å². The van der Waals surface area contributed by atoms with Gasteiger partial charge in [0.25, 0.3) is 0 Å². The van der Waals surface area contributed by atoms with E-state index in [0.717, 1.165) is 5.56 Å². The number of rotatable bonds is 5. The Morgan fingerprint density at radius 1 is 1.14 bits per heavy atom. The summed E-state index contributed by atoms with van der Waals surface area (Å²) in [6, 6.07) is 5.90. The van der Waals surface area contributed by atoms with Crippen molar-refractivity contribution in [2.45, 2.75) is 19.4 Å². The highest BCUT2D eigenvalue weighted by molar-refractivity contribution is 5.85. The van der Waals surface area contributed by atoms with E-state index in [4.69, 9.17) is 4.74 Å². The van der Waals surface area contributed by atoms with Gasteiger partial charge in [-0.2, -0.15) is 0 Å². The van der Waals surface area contributed by atoms with Crippen LogP contribution < -0.4 is 10.6 Å². The molecule has 6 heteroatoms. The summed E-state index contributed by atoms with van der Waals surface area (Å²) >= 11 is 0. The zero-order valence-electron chi connectivity index (χ0n) is 11.7. The quantitative estimate of drug-likeness (QED) is 0.851. The van der Waals surface area contributed by atoms with Crippen LogP contribution in [-0.4, -0.2) is 31.6 Å². The standard InChI is InChI=1S/C15H19FN2O3/c16-13-3-1-11(2-4-13)9-17-14(19)10-18-15(20)12-5-7-21-8-6-12/h1-4,12H,5-10H2,(H,17,19)(H,18,20). The van der Waals surface area contributed by atoms with Crippen molar-refractivity contribution in [1.82, 2.24) is 10.6 Å². The van der Waals surface area contributed by atoms with E-state index in [1.807, 2.05) is 0 Å². The summed E-state index contributed by atoms with van der Waals surface area (Å²) in [4.78, 5) is 23.5. The minimum absolute atomic E-state index is 0.0443. The van der Waals surface area contributed by atoms with E-state index in [0.29, 0.717) is 32.6 Å². The Morgan fingerprint density at radius 3 is 2.48 bits per heavy atom. The van der Waals surface area contributed by atoms with Crippen molar-refractivity contribution < 1.29 is 18.7 Å². The zero-order valence-corrected chi connectivity index (χ0v) is 11.7. The Labute approximate surface area is 122 Å². The van der Waals surface area contributed by atoms with E-state index in [1.165, 1.54) is 12.1 Å². The lowest BCUT2D eigenvalue weighted by Gasteiger charge is -2.21. The average molecular weight is 294 g/mol. The molecule has 2 amide bonds. The molecule has 1 saturated heterocycles. The number of hydrogen-bond acceptors (Lipinski definition) is 3. The molecule has 1 aliphatic rings.